The summed E-state index contributed by atoms with van der Waals surface area (Å²) in [6.07, 6.45) is 0. The van der Waals surface area contributed by atoms with Crippen molar-refractivity contribution in [3.63, 3.8) is 0 Å². The molecular weight excluding hydrogens is 410 g/mol. The van der Waals surface area contributed by atoms with Crippen LogP contribution in [0.4, 0.5) is 21.9 Å². The van der Waals surface area contributed by atoms with Gasteiger partial charge in [-0.3, -0.25) is 9.59 Å². The molecule has 0 aliphatic carbocycles. The number of ketones is 1. The van der Waals surface area contributed by atoms with Crippen molar-refractivity contribution in [1.82, 2.24) is 0 Å². The van der Waals surface area contributed by atoms with Crippen LogP contribution in [0.3, 0.4) is 0 Å². The van der Waals surface area contributed by atoms with E-state index in [-0.39, 0.29) is 11.7 Å². The van der Waals surface area contributed by atoms with E-state index in [1.54, 1.807) is 60.7 Å². The fraction of sp³-hybridized carbons (Fsp3) is 0.125. The largest absolute Gasteiger partial charge is 0.494 e. The Morgan fingerprint density at radius 2 is 1.28 bits per heavy atom. The highest BCUT2D eigenvalue weighted by Gasteiger charge is 2.16. The van der Waals surface area contributed by atoms with Gasteiger partial charge in [-0.1, -0.05) is 30.3 Å². The summed E-state index contributed by atoms with van der Waals surface area (Å²) in [6.45, 7) is 1.45. The summed E-state index contributed by atoms with van der Waals surface area (Å²) in [6, 6.07) is 17.9. The molecule has 3 amide bonds. The van der Waals surface area contributed by atoms with E-state index in [9.17, 15) is 14.4 Å². The number of nitrogens with one attached hydrogen (secondary N) is 3. The van der Waals surface area contributed by atoms with Crippen LogP contribution in [0.1, 0.15) is 27.6 Å². The average Bonchev–Trinajstić information content (AvgIpc) is 2.80. The van der Waals surface area contributed by atoms with Gasteiger partial charge in [0.1, 0.15) is 11.5 Å². The van der Waals surface area contributed by atoms with Crippen molar-refractivity contribution >= 4 is 34.8 Å². The smallest absolute Gasteiger partial charge is 0.323 e. The van der Waals surface area contributed by atoms with Crippen LogP contribution < -0.4 is 25.4 Å². The zero-order chi connectivity index (χ0) is 23.1. The van der Waals surface area contributed by atoms with Gasteiger partial charge < -0.3 is 25.4 Å². The van der Waals surface area contributed by atoms with E-state index < -0.39 is 6.03 Å². The Kier molecular flexibility index (Phi) is 7.07. The molecule has 3 N–H and O–H groups in total. The number of urea groups is 1. The number of hydrogen-bond donors (Lipinski definition) is 3. The number of ether oxygens (including phenoxy) is 2. The summed E-state index contributed by atoms with van der Waals surface area (Å²) in [5, 5.41) is 8.15. The quantitative estimate of drug-likeness (QED) is 0.464. The Labute approximate surface area is 185 Å². The molecule has 0 aliphatic rings. The van der Waals surface area contributed by atoms with E-state index in [1.807, 2.05) is 6.07 Å². The first-order chi connectivity index (χ1) is 15.4. The molecular formula is C24H23N3O5. The highest BCUT2D eigenvalue weighted by atomic mass is 16.5. The van der Waals surface area contributed by atoms with Crippen LogP contribution in [0.25, 0.3) is 0 Å². The molecule has 8 nitrogen and oxygen atoms in total. The van der Waals surface area contributed by atoms with Crippen LogP contribution in [-0.2, 0) is 0 Å². The lowest BCUT2D eigenvalue weighted by Crippen LogP contribution is -2.20. The van der Waals surface area contributed by atoms with Crippen molar-refractivity contribution in [1.29, 1.82) is 0 Å². The molecule has 0 unspecified atom stereocenters. The number of rotatable bonds is 7. The Bertz CT molecular complexity index is 1150. The second kappa shape index (κ2) is 10.1. The zero-order valence-corrected chi connectivity index (χ0v) is 17.9. The number of amides is 3. The Morgan fingerprint density at radius 1 is 0.688 bits per heavy atom. The van der Waals surface area contributed by atoms with Crippen molar-refractivity contribution < 1.29 is 23.9 Å². The average molecular weight is 433 g/mol. The second-order valence-corrected chi connectivity index (χ2v) is 6.79. The van der Waals surface area contributed by atoms with Crippen molar-refractivity contribution in [2.75, 3.05) is 30.2 Å². The third-order valence-corrected chi connectivity index (χ3v) is 4.58. The summed E-state index contributed by atoms with van der Waals surface area (Å²) in [4.78, 5) is 36.6. The number of anilines is 3. The summed E-state index contributed by atoms with van der Waals surface area (Å²) in [7, 11) is 2.90. The van der Waals surface area contributed by atoms with Crippen LogP contribution in [-0.4, -0.2) is 31.9 Å². The van der Waals surface area contributed by atoms with Crippen molar-refractivity contribution in [2.24, 2.45) is 0 Å². The molecule has 0 radical (unpaired) electrons. The van der Waals surface area contributed by atoms with Gasteiger partial charge in [0.05, 0.1) is 25.6 Å². The Hall–Kier alpha value is -4.33. The maximum atomic E-state index is 12.5. The number of carbonyl (C=O) groups excluding carboxylic acids is 3. The number of methoxy groups -OCH3 is 2. The molecule has 0 saturated carbocycles. The summed E-state index contributed by atoms with van der Waals surface area (Å²) >= 11 is 0. The van der Waals surface area contributed by atoms with Crippen LogP contribution >= 0.6 is 0 Å². The number of carbonyl (C=O) groups is 3. The van der Waals surface area contributed by atoms with E-state index in [0.29, 0.717) is 39.7 Å². The van der Waals surface area contributed by atoms with Crippen LogP contribution in [0.5, 0.6) is 11.5 Å². The summed E-state index contributed by atoms with van der Waals surface area (Å²) in [5.74, 6) is 0.245. The fourth-order valence-electron chi connectivity index (χ4n) is 2.98. The third kappa shape index (κ3) is 5.42. The highest BCUT2D eigenvalue weighted by Crippen LogP contribution is 2.36. The molecule has 3 aromatic carbocycles. The molecule has 8 heteroatoms. The van der Waals surface area contributed by atoms with Crippen LogP contribution in [0.2, 0.25) is 0 Å². The van der Waals surface area contributed by atoms with Gasteiger partial charge in [0, 0.05) is 28.9 Å². The van der Waals surface area contributed by atoms with Gasteiger partial charge in [0.25, 0.3) is 5.91 Å². The first-order valence-electron chi connectivity index (χ1n) is 9.72. The maximum Gasteiger partial charge on any atom is 0.323 e. The van der Waals surface area contributed by atoms with Gasteiger partial charge in [-0.2, -0.15) is 0 Å². The molecule has 3 rings (SSSR count). The normalized spacial score (nSPS) is 10.1. The standard InChI is InChI=1S/C24H23N3O5/c1-15(28)17-10-7-11-18(12-17)25-24(30)27-20-14-21(31-2)19(13-22(20)32-3)26-23(29)16-8-5-4-6-9-16/h4-14H,1-3H3,(H,26,29)(H2,25,27,30). The van der Waals surface area contributed by atoms with Gasteiger partial charge in [-0.05, 0) is 31.2 Å². The summed E-state index contributed by atoms with van der Waals surface area (Å²) < 4.78 is 10.8. The lowest BCUT2D eigenvalue weighted by molar-refractivity contribution is 0.101. The molecule has 164 valence electrons. The number of hydrogen-bond acceptors (Lipinski definition) is 5. The van der Waals surface area contributed by atoms with Gasteiger partial charge in [0.15, 0.2) is 5.78 Å². The van der Waals surface area contributed by atoms with Gasteiger partial charge in [0.2, 0.25) is 0 Å². The van der Waals surface area contributed by atoms with E-state index >= 15 is 0 Å². The predicted octanol–water partition coefficient (Wildman–Crippen LogP) is 4.80. The molecule has 32 heavy (non-hydrogen) atoms. The van der Waals surface area contributed by atoms with Crippen LogP contribution in [0.15, 0.2) is 66.7 Å². The molecule has 0 bridgehead atoms. The predicted molar refractivity (Wildman–Crippen MR) is 123 cm³/mol. The van der Waals surface area contributed by atoms with Crippen molar-refractivity contribution in [3.05, 3.63) is 77.9 Å². The van der Waals surface area contributed by atoms with Crippen LogP contribution in [0, 0.1) is 0 Å². The lowest BCUT2D eigenvalue weighted by Gasteiger charge is -2.16. The van der Waals surface area contributed by atoms with E-state index in [1.165, 1.54) is 21.1 Å². The molecule has 0 aromatic heterocycles. The minimum Gasteiger partial charge on any atom is -0.494 e. The Morgan fingerprint density at radius 3 is 1.88 bits per heavy atom. The maximum absolute atomic E-state index is 12.5. The monoisotopic (exact) mass is 433 g/mol. The molecule has 0 spiro atoms. The molecule has 0 fully saturated rings. The molecule has 3 aromatic rings. The SMILES string of the molecule is COc1cc(NC(=O)c2ccccc2)c(OC)cc1NC(=O)Nc1cccc(C(C)=O)c1. The second-order valence-electron chi connectivity index (χ2n) is 6.79. The Balaban J connectivity index is 1.79. The number of benzene rings is 3. The molecule has 0 saturated heterocycles. The topological polar surface area (TPSA) is 106 Å². The van der Waals surface area contributed by atoms with E-state index in [2.05, 4.69) is 16.0 Å². The van der Waals surface area contributed by atoms with Crippen molar-refractivity contribution in [3.8, 4) is 11.5 Å². The first-order valence-corrected chi connectivity index (χ1v) is 9.72. The molecule has 0 atom stereocenters. The zero-order valence-electron chi connectivity index (χ0n) is 17.9. The molecule has 0 aliphatic heterocycles. The lowest BCUT2D eigenvalue weighted by atomic mass is 10.1. The van der Waals surface area contributed by atoms with E-state index in [4.69, 9.17) is 9.47 Å². The minimum atomic E-state index is -0.535. The first kappa shape index (κ1) is 22.4. The van der Waals surface area contributed by atoms with Crippen molar-refractivity contribution in [2.45, 2.75) is 6.92 Å². The summed E-state index contributed by atoms with van der Waals surface area (Å²) in [5.41, 5.74) is 2.16. The van der Waals surface area contributed by atoms with Gasteiger partial charge in [-0.15, -0.1) is 0 Å². The van der Waals surface area contributed by atoms with Gasteiger partial charge in [-0.25, -0.2) is 4.79 Å². The third-order valence-electron chi connectivity index (χ3n) is 4.58. The van der Waals surface area contributed by atoms with E-state index in [0.717, 1.165) is 0 Å². The fourth-order valence-corrected chi connectivity index (χ4v) is 2.98. The molecule has 0 heterocycles. The number of Topliss-reactive ketones (excluding diaryl/α,β-unsaturated/α-hetero) is 1. The minimum absolute atomic E-state index is 0.103. The van der Waals surface area contributed by atoms with Gasteiger partial charge >= 0.3 is 6.03 Å². The highest BCUT2D eigenvalue weighted by molar-refractivity contribution is 6.06.